The zero-order valence-corrected chi connectivity index (χ0v) is 11.9. The standard InChI is InChI=1S/C17H14O2S/c1-20-13-9-10-15(18)17(11-13)19-16-8-4-6-12-5-2-3-7-14(12)16/h2-11,18H,1H3. The molecule has 0 aromatic heterocycles. The van der Waals surface area contributed by atoms with E-state index in [0.29, 0.717) is 5.75 Å². The molecule has 0 aliphatic rings. The van der Waals surface area contributed by atoms with Crippen LogP contribution >= 0.6 is 11.8 Å². The summed E-state index contributed by atoms with van der Waals surface area (Å²) < 4.78 is 5.90. The molecule has 0 amide bonds. The van der Waals surface area contributed by atoms with Crippen molar-refractivity contribution in [3.05, 3.63) is 60.7 Å². The van der Waals surface area contributed by atoms with E-state index in [-0.39, 0.29) is 5.75 Å². The lowest BCUT2D eigenvalue weighted by atomic mass is 10.1. The van der Waals surface area contributed by atoms with Crippen LogP contribution in [0.5, 0.6) is 17.2 Å². The van der Waals surface area contributed by atoms with Crippen LogP contribution in [0.4, 0.5) is 0 Å². The third kappa shape index (κ3) is 2.45. The molecule has 0 radical (unpaired) electrons. The number of rotatable bonds is 3. The number of hydrogen-bond acceptors (Lipinski definition) is 3. The van der Waals surface area contributed by atoms with Gasteiger partial charge in [-0.2, -0.15) is 0 Å². The van der Waals surface area contributed by atoms with Gasteiger partial charge in [-0.1, -0.05) is 36.4 Å². The number of phenolic OH excluding ortho intramolecular Hbond substituents is 1. The second kappa shape index (κ2) is 5.47. The van der Waals surface area contributed by atoms with Crippen LogP contribution < -0.4 is 4.74 Å². The number of fused-ring (bicyclic) bond motifs is 1. The molecule has 0 heterocycles. The highest BCUT2D eigenvalue weighted by atomic mass is 32.2. The first-order valence-corrected chi connectivity index (χ1v) is 7.53. The molecule has 0 aliphatic carbocycles. The molecule has 3 rings (SSSR count). The minimum absolute atomic E-state index is 0.149. The fourth-order valence-corrected chi connectivity index (χ4v) is 2.54. The van der Waals surface area contributed by atoms with Crippen molar-refractivity contribution in [3.63, 3.8) is 0 Å². The summed E-state index contributed by atoms with van der Waals surface area (Å²) in [6.07, 6.45) is 1.99. The Kier molecular flexibility index (Phi) is 3.52. The molecule has 3 aromatic rings. The Morgan fingerprint density at radius 2 is 1.70 bits per heavy atom. The molecular weight excluding hydrogens is 268 g/mol. The first kappa shape index (κ1) is 12.9. The number of benzene rings is 3. The van der Waals surface area contributed by atoms with Gasteiger partial charge in [-0.15, -0.1) is 11.8 Å². The van der Waals surface area contributed by atoms with Crippen molar-refractivity contribution in [1.29, 1.82) is 0 Å². The highest BCUT2D eigenvalue weighted by Gasteiger charge is 2.07. The van der Waals surface area contributed by atoms with Crippen molar-refractivity contribution < 1.29 is 9.84 Å². The summed E-state index contributed by atoms with van der Waals surface area (Å²) in [5, 5.41) is 12.1. The molecule has 1 N–H and O–H groups in total. The SMILES string of the molecule is CSc1ccc(O)c(Oc2cccc3ccccc23)c1. The molecule has 0 saturated carbocycles. The number of aromatic hydroxyl groups is 1. The van der Waals surface area contributed by atoms with E-state index < -0.39 is 0 Å². The summed E-state index contributed by atoms with van der Waals surface area (Å²) in [5.74, 6) is 1.38. The lowest BCUT2D eigenvalue weighted by Crippen LogP contribution is -1.87. The van der Waals surface area contributed by atoms with E-state index in [1.165, 1.54) is 0 Å². The van der Waals surface area contributed by atoms with Crippen molar-refractivity contribution in [1.82, 2.24) is 0 Å². The van der Waals surface area contributed by atoms with Crippen LogP contribution in [0.3, 0.4) is 0 Å². The molecule has 0 spiro atoms. The molecule has 20 heavy (non-hydrogen) atoms. The normalized spacial score (nSPS) is 10.7. The van der Waals surface area contributed by atoms with Gasteiger partial charge in [0.1, 0.15) is 5.75 Å². The summed E-state index contributed by atoms with van der Waals surface area (Å²) >= 11 is 1.61. The minimum atomic E-state index is 0.149. The maximum Gasteiger partial charge on any atom is 0.170 e. The zero-order chi connectivity index (χ0) is 13.9. The van der Waals surface area contributed by atoms with Gasteiger partial charge in [0.25, 0.3) is 0 Å². The predicted octanol–water partition coefficient (Wildman–Crippen LogP) is 5.06. The summed E-state index contributed by atoms with van der Waals surface area (Å²) in [6, 6.07) is 19.3. The van der Waals surface area contributed by atoms with Crippen molar-refractivity contribution in [2.45, 2.75) is 4.90 Å². The van der Waals surface area contributed by atoms with Crippen LogP contribution in [-0.4, -0.2) is 11.4 Å². The quantitative estimate of drug-likeness (QED) is 0.681. The van der Waals surface area contributed by atoms with Gasteiger partial charge >= 0.3 is 0 Å². The van der Waals surface area contributed by atoms with Gasteiger partial charge in [0, 0.05) is 10.3 Å². The lowest BCUT2D eigenvalue weighted by molar-refractivity contribution is 0.412. The Labute approximate surface area is 122 Å². The molecule has 0 bridgehead atoms. The maximum atomic E-state index is 9.93. The van der Waals surface area contributed by atoms with Crippen LogP contribution in [0.25, 0.3) is 10.8 Å². The second-order valence-corrected chi connectivity index (χ2v) is 5.29. The van der Waals surface area contributed by atoms with Gasteiger partial charge in [-0.3, -0.25) is 0 Å². The van der Waals surface area contributed by atoms with Crippen molar-refractivity contribution in [2.75, 3.05) is 6.26 Å². The van der Waals surface area contributed by atoms with E-state index in [1.807, 2.05) is 60.9 Å². The molecule has 0 unspecified atom stereocenters. The van der Waals surface area contributed by atoms with E-state index in [1.54, 1.807) is 17.8 Å². The van der Waals surface area contributed by atoms with Crippen LogP contribution in [0.15, 0.2) is 65.6 Å². The largest absolute Gasteiger partial charge is 0.504 e. The summed E-state index contributed by atoms with van der Waals surface area (Å²) in [4.78, 5) is 1.05. The van der Waals surface area contributed by atoms with Gasteiger partial charge < -0.3 is 9.84 Å². The zero-order valence-electron chi connectivity index (χ0n) is 11.0. The van der Waals surface area contributed by atoms with E-state index in [9.17, 15) is 5.11 Å². The third-order valence-electron chi connectivity index (χ3n) is 3.14. The van der Waals surface area contributed by atoms with Crippen molar-refractivity contribution in [3.8, 4) is 17.2 Å². The Balaban J connectivity index is 2.05. The Morgan fingerprint density at radius 1 is 0.900 bits per heavy atom. The van der Waals surface area contributed by atoms with Gasteiger partial charge in [0.05, 0.1) is 0 Å². The molecule has 0 aliphatic heterocycles. The maximum absolute atomic E-state index is 9.93. The first-order chi connectivity index (χ1) is 9.78. The summed E-state index contributed by atoms with van der Waals surface area (Å²) in [7, 11) is 0. The van der Waals surface area contributed by atoms with E-state index in [2.05, 4.69) is 0 Å². The highest BCUT2D eigenvalue weighted by Crippen LogP contribution is 2.36. The number of ether oxygens (including phenoxy) is 1. The van der Waals surface area contributed by atoms with Gasteiger partial charge in [0.2, 0.25) is 0 Å². The average Bonchev–Trinajstić information content (AvgIpc) is 2.50. The number of hydrogen-bond donors (Lipinski definition) is 1. The molecule has 0 fully saturated rings. The van der Waals surface area contributed by atoms with Crippen LogP contribution in [0, 0.1) is 0 Å². The summed E-state index contributed by atoms with van der Waals surface area (Å²) in [6.45, 7) is 0. The second-order valence-electron chi connectivity index (χ2n) is 4.41. The van der Waals surface area contributed by atoms with E-state index in [0.717, 1.165) is 21.4 Å². The molecule has 0 atom stereocenters. The first-order valence-electron chi connectivity index (χ1n) is 6.30. The van der Waals surface area contributed by atoms with Crippen LogP contribution in [0.1, 0.15) is 0 Å². The van der Waals surface area contributed by atoms with Gasteiger partial charge in [0.15, 0.2) is 11.5 Å². The van der Waals surface area contributed by atoms with Crippen LogP contribution in [0.2, 0.25) is 0 Å². The molecule has 2 nitrogen and oxygen atoms in total. The molecule has 3 heteroatoms. The monoisotopic (exact) mass is 282 g/mol. The molecular formula is C17H14O2S. The van der Waals surface area contributed by atoms with Crippen molar-refractivity contribution in [2.24, 2.45) is 0 Å². The minimum Gasteiger partial charge on any atom is -0.504 e. The van der Waals surface area contributed by atoms with Crippen LogP contribution in [-0.2, 0) is 0 Å². The highest BCUT2D eigenvalue weighted by molar-refractivity contribution is 7.98. The van der Waals surface area contributed by atoms with Crippen molar-refractivity contribution >= 4 is 22.5 Å². The van der Waals surface area contributed by atoms with E-state index >= 15 is 0 Å². The fraction of sp³-hybridized carbons (Fsp3) is 0.0588. The average molecular weight is 282 g/mol. The Hall–Kier alpha value is -2.13. The topological polar surface area (TPSA) is 29.5 Å². The summed E-state index contributed by atoms with van der Waals surface area (Å²) in [5.41, 5.74) is 0. The molecule has 3 aromatic carbocycles. The smallest absolute Gasteiger partial charge is 0.170 e. The fourth-order valence-electron chi connectivity index (χ4n) is 2.11. The molecule has 0 saturated heterocycles. The third-order valence-corrected chi connectivity index (χ3v) is 3.86. The predicted molar refractivity (Wildman–Crippen MR) is 83.9 cm³/mol. The van der Waals surface area contributed by atoms with Gasteiger partial charge in [-0.05, 0) is 35.9 Å². The Morgan fingerprint density at radius 3 is 2.55 bits per heavy atom. The number of phenols is 1. The van der Waals surface area contributed by atoms with Gasteiger partial charge in [-0.25, -0.2) is 0 Å². The molecule has 100 valence electrons. The number of thioether (sulfide) groups is 1. The Bertz CT molecular complexity index is 748. The lowest BCUT2D eigenvalue weighted by Gasteiger charge is -2.11. The van der Waals surface area contributed by atoms with E-state index in [4.69, 9.17) is 4.74 Å².